The van der Waals surface area contributed by atoms with Gasteiger partial charge in [-0.05, 0) is 24.1 Å². The Morgan fingerprint density at radius 1 is 1.47 bits per heavy atom. The molecule has 0 unspecified atom stereocenters. The maximum absolute atomic E-state index is 11.0. The van der Waals surface area contributed by atoms with Crippen LogP contribution in [0, 0.1) is 0 Å². The van der Waals surface area contributed by atoms with Gasteiger partial charge in [-0.3, -0.25) is 4.79 Å². The van der Waals surface area contributed by atoms with Gasteiger partial charge in [0.15, 0.2) is 6.61 Å². The maximum atomic E-state index is 11.0. The number of hydrogen-bond donors (Lipinski definition) is 1. The Labute approximate surface area is 90.4 Å². The topological polar surface area (TPSA) is 38.3 Å². The molecule has 0 saturated heterocycles. The number of hydrogen-bond acceptors (Lipinski definition) is 2. The van der Waals surface area contributed by atoms with Crippen molar-refractivity contribution in [1.82, 2.24) is 5.32 Å². The van der Waals surface area contributed by atoms with Gasteiger partial charge < -0.3 is 10.1 Å². The van der Waals surface area contributed by atoms with Gasteiger partial charge in [-0.25, -0.2) is 0 Å². The monoisotopic (exact) mass is 207 g/mol. The Bertz CT molecular complexity index is 323. The Balaban J connectivity index is 2.53. The Hall–Kier alpha value is -1.51. The number of carbonyl (C=O) groups is 1. The molecule has 1 amide bonds. The fourth-order valence-electron chi connectivity index (χ4n) is 1.30. The molecule has 1 aromatic rings. The lowest BCUT2D eigenvalue weighted by Gasteiger charge is -2.06. The van der Waals surface area contributed by atoms with Crippen molar-refractivity contribution in [2.45, 2.75) is 19.8 Å². The Morgan fingerprint density at radius 3 is 2.93 bits per heavy atom. The highest BCUT2D eigenvalue weighted by Gasteiger charge is 2.00. The van der Waals surface area contributed by atoms with Gasteiger partial charge in [0, 0.05) is 7.05 Å². The van der Waals surface area contributed by atoms with E-state index in [1.807, 2.05) is 18.2 Å². The molecule has 0 radical (unpaired) electrons. The van der Waals surface area contributed by atoms with Crippen molar-refractivity contribution in [3.8, 4) is 5.75 Å². The first-order valence-electron chi connectivity index (χ1n) is 5.18. The SMILES string of the molecule is CCCc1cccc(OCC(=O)NC)c1. The summed E-state index contributed by atoms with van der Waals surface area (Å²) in [5.74, 6) is 0.639. The van der Waals surface area contributed by atoms with Gasteiger partial charge in [-0.15, -0.1) is 0 Å². The summed E-state index contributed by atoms with van der Waals surface area (Å²) in [6.45, 7) is 2.21. The second-order valence-corrected chi connectivity index (χ2v) is 3.36. The molecule has 1 aromatic carbocycles. The van der Waals surface area contributed by atoms with Crippen LogP contribution in [0.4, 0.5) is 0 Å². The van der Waals surface area contributed by atoms with Gasteiger partial charge in [0.25, 0.3) is 5.91 Å². The maximum Gasteiger partial charge on any atom is 0.257 e. The van der Waals surface area contributed by atoms with E-state index in [2.05, 4.69) is 18.3 Å². The van der Waals surface area contributed by atoms with Gasteiger partial charge in [0.2, 0.25) is 0 Å². The van der Waals surface area contributed by atoms with E-state index in [-0.39, 0.29) is 12.5 Å². The molecule has 3 nitrogen and oxygen atoms in total. The lowest BCUT2D eigenvalue weighted by Crippen LogP contribution is -2.24. The predicted octanol–water partition coefficient (Wildman–Crippen LogP) is 1.76. The van der Waals surface area contributed by atoms with Crippen molar-refractivity contribution >= 4 is 5.91 Å². The molecule has 0 aliphatic rings. The predicted molar refractivity (Wildman–Crippen MR) is 60.0 cm³/mol. The first-order chi connectivity index (χ1) is 7.26. The smallest absolute Gasteiger partial charge is 0.257 e. The third kappa shape index (κ3) is 4.02. The zero-order valence-corrected chi connectivity index (χ0v) is 9.25. The van der Waals surface area contributed by atoms with E-state index in [1.165, 1.54) is 5.56 Å². The minimum Gasteiger partial charge on any atom is -0.484 e. The van der Waals surface area contributed by atoms with E-state index < -0.39 is 0 Å². The molecule has 1 N–H and O–H groups in total. The number of likely N-dealkylation sites (N-methyl/N-ethyl adjacent to an activating group) is 1. The standard InChI is InChI=1S/C12H17NO2/c1-3-5-10-6-4-7-11(8-10)15-9-12(14)13-2/h4,6-8H,3,5,9H2,1-2H3,(H,13,14). The van der Waals surface area contributed by atoms with Gasteiger partial charge in [0.05, 0.1) is 0 Å². The largest absolute Gasteiger partial charge is 0.484 e. The van der Waals surface area contributed by atoms with E-state index in [9.17, 15) is 4.79 Å². The third-order valence-corrected chi connectivity index (χ3v) is 2.09. The van der Waals surface area contributed by atoms with Crippen LogP contribution in [0.3, 0.4) is 0 Å². The summed E-state index contributed by atoms with van der Waals surface area (Å²) in [5.41, 5.74) is 1.24. The van der Waals surface area contributed by atoms with Crippen LogP contribution in [0.1, 0.15) is 18.9 Å². The zero-order valence-electron chi connectivity index (χ0n) is 9.25. The van der Waals surface area contributed by atoms with E-state index in [1.54, 1.807) is 7.05 Å². The van der Waals surface area contributed by atoms with Crippen molar-refractivity contribution in [3.63, 3.8) is 0 Å². The molecule has 0 spiro atoms. The molecule has 0 aliphatic heterocycles. The molecule has 15 heavy (non-hydrogen) atoms. The molecule has 0 atom stereocenters. The highest BCUT2D eigenvalue weighted by molar-refractivity contribution is 5.77. The highest BCUT2D eigenvalue weighted by atomic mass is 16.5. The van der Waals surface area contributed by atoms with E-state index in [4.69, 9.17) is 4.74 Å². The minimum absolute atomic E-state index is 0.0755. The van der Waals surface area contributed by atoms with Crippen LogP contribution in [0.2, 0.25) is 0 Å². The van der Waals surface area contributed by atoms with Crippen LogP contribution in [0.25, 0.3) is 0 Å². The molecule has 0 saturated carbocycles. The number of benzene rings is 1. The molecule has 0 aliphatic carbocycles. The number of rotatable bonds is 5. The van der Waals surface area contributed by atoms with Crippen LogP contribution in [0.5, 0.6) is 5.75 Å². The van der Waals surface area contributed by atoms with Crippen LogP contribution in [-0.4, -0.2) is 19.6 Å². The second-order valence-electron chi connectivity index (χ2n) is 3.36. The summed E-state index contributed by atoms with van der Waals surface area (Å²) in [5, 5.41) is 2.51. The average Bonchev–Trinajstić information content (AvgIpc) is 2.27. The number of aryl methyl sites for hydroxylation is 1. The van der Waals surface area contributed by atoms with Crippen molar-refractivity contribution in [3.05, 3.63) is 29.8 Å². The second kappa shape index (κ2) is 6.06. The summed E-state index contributed by atoms with van der Waals surface area (Å²) in [6, 6.07) is 7.86. The molecule has 0 fully saturated rings. The molecule has 1 rings (SSSR count). The lowest BCUT2D eigenvalue weighted by atomic mass is 10.1. The molecule has 0 bridgehead atoms. The van der Waals surface area contributed by atoms with E-state index in [0.717, 1.165) is 18.6 Å². The molecule has 3 heteroatoms. The molecule has 0 aromatic heterocycles. The number of nitrogens with one attached hydrogen (secondary N) is 1. The number of ether oxygens (including phenoxy) is 1. The zero-order chi connectivity index (χ0) is 11.1. The van der Waals surface area contributed by atoms with Crippen molar-refractivity contribution in [2.75, 3.05) is 13.7 Å². The minimum atomic E-state index is -0.115. The fraction of sp³-hybridized carbons (Fsp3) is 0.417. The quantitative estimate of drug-likeness (QED) is 0.799. The number of carbonyl (C=O) groups excluding carboxylic acids is 1. The van der Waals surface area contributed by atoms with Crippen LogP contribution in [0.15, 0.2) is 24.3 Å². The fourth-order valence-corrected chi connectivity index (χ4v) is 1.30. The van der Waals surface area contributed by atoms with E-state index >= 15 is 0 Å². The first-order valence-corrected chi connectivity index (χ1v) is 5.18. The molecule has 0 heterocycles. The molecule has 82 valence electrons. The summed E-state index contributed by atoms with van der Waals surface area (Å²) < 4.78 is 5.33. The van der Waals surface area contributed by atoms with Crippen molar-refractivity contribution in [2.24, 2.45) is 0 Å². The summed E-state index contributed by atoms with van der Waals surface area (Å²) >= 11 is 0. The van der Waals surface area contributed by atoms with Gasteiger partial charge in [-0.1, -0.05) is 25.5 Å². The van der Waals surface area contributed by atoms with Crippen LogP contribution in [-0.2, 0) is 11.2 Å². The Morgan fingerprint density at radius 2 is 2.27 bits per heavy atom. The van der Waals surface area contributed by atoms with Gasteiger partial charge >= 0.3 is 0 Å². The van der Waals surface area contributed by atoms with Crippen LogP contribution < -0.4 is 10.1 Å². The van der Waals surface area contributed by atoms with Gasteiger partial charge in [0.1, 0.15) is 5.75 Å². The normalized spacial score (nSPS) is 9.73. The van der Waals surface area contributed by atoms with Crippen molar-refractivity contribution < 1.29 is 9.53 Å². The molecular weight excluding hydrogens is 190 g/mol. The third-order valence-electron chi connectivity index (χ3n) is 2.09. The highest BCUT2D eigenvalue weighted by Crippen LogP contribution is 2.14. The first kappa shape index (κ1) is 11.6. The summed E-state index contributed by atoms with van der Waals surface area (Å²) in [7, 11) is 1.60. The van der Waals surface area contributed by atoms with Crippen LogP contribution >= 0.6 is 0 Å². The average molecular weight is 207 g/mol. The van der Waals surface area contributed by atoms with E-state index in [0.29, 0.717) is 0 Å². The Kier molecular flexibility index (Phi) is 4.68. The number of amides is 1. The summed E-state index contributed by atoms with van der Waals surface area (Å²) in [4.78, 5) is 11.0. The lowest BCUT2D eigenvalue weighted by molar-refractivity contribution is -0.122. The molecular formula is C12H17NO2. The van der Waals surface area contributed by atoms with Gasteiger partial charge in [-0.2, -0.15) is 0 Å². The van der Waals surface area contributed by atoms with Crippen molar-refractivity contribution in [1.29, 1.82) is 0 Å². The summed E-state index contributed by atoms with van der Waals surface area (Å²) in [6.07, 6.45) is 2.15.